The van der Waals surface area contributed by atoms with Crippen LogP contribution in [0.25, 0.3) is 0 Å². The van der Waals surface area contributed by atoms with Crippen LogP contribution in [0.2, 0.25) is 0 Å². The van der Waals surface area contributed by atoms with Gasteiger partial charge in [-0.25, -0.2) is 4.39 Å². The molecule has 0 radical (unpaired) electrons. The Kier molecular flexibility index (Phi) is 8.18. The first kappa shape index (κ1) is 21.6. The van der Waals surface area contributed by atoms with Gasteiger partial charge >= 0.3 is 0 Å². The Balaban J connectivity index is 2.13. The molecule has 28 heavy (non-hydrogen) atoms. The van der Waals surface area contributed by atoms with Crippen molar-refractivity contribution in [1.82, 2.24) is 10.2 Å². The number of amides is 2. The zero-order valence-corrected chi connectivity index (χ0v) is 16.8. The molecular weight excluding hydrogens is 355 g/mol. The minimum absolute atomic E-state index is 0.0660. The van der Waals surface area contributed by atoms with E-state index in [-0.39, 0.29) is 30.6 Å². The van der Waals surface area contributed by atoms with Crippen molar-refractivity contribution in [2.24, 2.45) is 5.92 Å². The van der Waals surface area contributed by atoms with Crippen LogP contribution >= 0.6 is 0 Å². The number of carbonyl (C=O) groups excluding carboxylic acids is 2. The molecule has 2 rings (SSSR count). The molecule has 4 nitrogen and oxygen atoms in total. The molecule has 0 bridgehead atoms. The van der Waals surface area contributed by atoms with Gasteiger partial charge in [-0.3, -0.25) is 9.59 Å². The van der Waals surface area contributed by atoms with Crippen molar-refractivity contribution in [3.05, 3.63) is 71.5 Å². The van der Waals surface area contributed by atoms with E-state index in [1.165, 1.54) is 11.0 Å². The largest absolute Gasteiger partial charge is 0.354 e. The van der Waals surface area contributed by atoms with E-state index in [9.17, 15) is 14.0 Å². The zero-order chi connectivity index (χ0) is 20.5. The van der Waals surface area contributed by atoms with Crippen LogP contribution in [0, 0.1) is 11.7 Å². The van der Waals surface area contributed by atoms with E-state index in [2.05, 4.69) is 5.32 Å². The third-order valence-corrected chi connectivity index (χ3v) is 4.62. The average molecular weight is 384 g/mol. The van der Waals surface area contributed by atoms with E-state index < -0.39 is 6.04 Å². The molecule has 2 aromatic rings. The van der Waals surface area contributed by atoms with Crippen molar-refractivity contribution in [3.63, 3.8) is 0 Å². The van der Waals surface area contributed by atoms with Gasteiger partial charge in [0.2, 0.25) is 11.8 Å². The fraction of sp³-hybridized carbons (Fsp3) is 0.391. The number of halogens is 1. The molecule has 1 atom stereocenters. The van der Waals surface area contributed by atoms with Gasteiger partial charge in [-0.05, 0) is 30.9 Å². The summed E-state index contributed by atoms with van der Waals surface area (Å²) < 4.78 is 14.1. The molecule has 2 amide bonds. The molecule has 0 saturated carbocycles. The van der Waals surface area contributed by atoms with Gasteiger partial charge in [0, 0.05) is 25.1 Å². The van der Waals surface area contributed by atoms with Crippen molar-refractivity contribution >= 4 is 11.8 Å². The van der Waals surface area contributed by atoms with Crippen molar-refractivity contribution in [2.75, 3.05) is 6.54 Å². The average Bonchev–Trinajstić information content (AvgIpc) is 2.69. The summed E-state index contributed by atoms with van der Waals surface area (Å²) in [4.78, 5) is 27.0. The topological polar surface area (TPSA) is 49.4 Å². The first-order chi connectivity index (χ1) is 13.4. The van der Waals surface area contributed by atoms with Gasteiger partial charge in [-0.2, -0.15) is 0 Å². The summed E-state index contributed by atoms with van der Waals surface area (Å²) in [5.74, 6) is -0.458. The molecule has 0 saturated heterocycles. The standard InChI is InChI=1S/C23H29FN2O2/c1-17(2)15-25-23(28)18(3)26(16-20-11-7-8-12-21(20)24)22(27)14-13-19-9-5-4-6-10-19/h4-12,17-18H,13-16H2,1-3H3,(H,25,28)/t18-/m0/s1. The van der Waals surface area contributed by atoms with Gasteiger partial charge in [0.25, 0.3) is 0 Å². The van der Waals surface area contributed by atoms with Crippen molar-refractivity contribution in [1.29, 1.82) is 0 Å². The number of hydrogen-bond donors (Lipinski definition) is 1. The van der Waals surface area contributed by atoms with Crippen LogP contribution in [0.15, 0.2) is 54.6 Å². The second kappa shape index (κ2) is 10.6. The maximum atomic E-state index is 14.1. The summed E-state index contributed by atoms with van der Waals surface area (Å²) in [6.45, 7) is 6.31. The molecule has 0 fully saturated rings. The summed E-state index contributed by atoms with van der Waals surface area (Å²) in [6, 6.07) is 15.4. The minimum atomic E-state index is -0.679. The summed E-state index contributed by atoms with van der Waals surface area (Å²) in [7, 11) is 0. The van der Waals surface area contributed by atoms with Crippen LogP contribution in [-0.2, 0) is 22.6 Å². The van der Waals surface area contributed by atoms with Gasteiger partial charge in [0.1, 0.15) is 11.9 Å². The normalized spacial score (nSPS) is 11.9. The van der Waals surface area contributed by atoms with E-state index in [0.29, 0.717) is 24.4 Å². The molecule has 0 aliphatic heterocycles. The van der Waals surface area contributed by atoms with Crippen molar-refractivity contribution < 1.29 is 14.0 Å². The number of benzene rings is 2. The highest BCUT2D eigenvalue weighted by Gasteiger charge is 2.26. The minimum Gasteiger partial charge on any atom is -0.354 e. The number of nitrogens with zero attached hydrogens (tertiary/aromatic N) is 1. The summed E-state index contributed by atoms with van der Waals surface area (Å²) in [5, 5.41) is 2.86. The highest BCUT2D eigenvalue weighted by Crippen LogP contribution is 2.15. The predicted molar refractivity (Wildman–Crippen MR) is 109 cm³/mol. The van der Waals surface area contributed by atoms with Gasteiger partial charge in [0.05, 0.1) is 0 Å². The van der Waals surface area contributed by atoms with Gasteiger partial charge < -0.3 is 10.2 Å². The smallest absolute Gasteiger partial charge is 0.242 e. The highest BCUT2D eigenvalue weighted by atomic mass is 19.1. The third kappa shape index (κ3) is 6.48. The summed E-state index contributed by atoms with van der Waals surface area (Å²) in [6.07, 6.45) is 0.841. The lowest BCUT2D eigenvalue weighted by Crippen LogP contribution is -2.48. The Morgan fingerprint density at radius 2 is 1.64 bits per heavy atom. The first-order valence-electron chi connectivity index (χ1n) is 9.73. The van der Waals surface area contributed by atoms with Crippen LogP contribution in [0.1, 0.15) is 38.3 Å². The molecule has 150 valence electrons. The Bertz CT molecular complexity index is 777. The molecule has 0 aliphatic carbocycles. The molecule has 2 aromatic carbocycles. The van der Waals surface area contributed by atoms with Crippen molar-refractivity contribution in [3.8, 4) is 0 Å². The van der Waals surface area contributed by atoms with E-state index in [0.717, 1.165) is 5.56 Å². The number of aryl methyl sites for hydroxylation is 1. The Labute approximate surface area is 166 Å². The Morgan fingerprint density at radius 3 is 2.29 bits per heavy atom. The molecule has 1 N–H and O–H groups in total. The molecule has 0 unspecified atom stereocenters. The summed E-state index contributed by atoms with van der Waals surface area (Å²) >= 11 is 0. The lowest BCUT2D eigenvalue weighted by atomic mass is 10.1. The van der Waals surface area contributed by atoms with E-state index in [1.807, 2.05) is 44.2 Å². The van der Waals surface area contributed by atoms with E-state index in [4.69, 9.17) is 0 Å². The van der Waals surface area contributed by atoms with Crippen LogP contribution in [-0.4, -0.2) is 29.3 Å². The highest BCUT2D eigenvalue weighted by molar-refractivity contribution is 5.87. The zero-order valence-electron chi connectivity index (χ0n) is 16.8. The maximum absolute atomic E-state index is 14.1. The molecule has 0 spiro atoms. The Hall–Kier alpha value is -2.69. The van der Waals surface area contributed by atoms with E-state index >= 15 is 0 Å². The second-order valence-electron chi connectivity index (χ2n) is 7.41. The molecule has 0 aliphatic rings. The van der Waals surface area contributed by atoms with Crippen LogP contribution in [0.3, 0.4) is 0 Å². The van der Waals surface area contributed by atoms with Crippen LogP contribution in [0.4, 0.5) is 4.39 Å². The van der Waals surface area contributed by atoms with Gasteiger partial charge in [-0.15, -0.1) is 0 Å². The number of hydrogen-bond acceptors (Lipinski definition) is 2. The summed E-state index contributed by atoms with van der Waals surface area (Å²) in [5.41, 5.74) is 1.46. The fourth-order valence-corrected chi connectivity index (χ4v) is 2.88. The van der Waals surface area contributed by atoms with Crippen molar-refractivity contribution in [2.45, 2.75) is 46.2 Å². The van der Waals surface area contributed by atoms with Gasteiger partial charge in [0.15, 0.2) is 0 Å². The quantitative estimate of drug-likeness (QED) is 0.712. The SMILES string of the molecule is CC(C)CNC(=O)[C@H](C)N(Cc1ccccc1F)C(=O)CCc1ccccc1. The van der Waals surface area contributed by atoms with Crippen LogP contribution < -0.4 is 5.32 Å². The fourth-order valence-electron chi connectivity index (χ4n) is 2.88. The number of carbonyl (C=O) groups is 2. The lowest BCUT2D eigenvalue weighted by molar-refractivity contribution is -0.140. The Morgan fingerprint density at radius 1 is 1.00 bits per heavy atom. The van der Waals surface area contributed by atoms with Gasteiger partial charge in [-0.1, -0.05) is 62.4 Å². The predicted octanol–water partition coefficient (Wildman–Crippen LogP) is 3.95. The molecule has 0 aromatic heterocycles. The third-order valence-electron chi connectivity index (χ3n) is 4.62. The number of nitrogens with one attached hydrogen (secondary N) is 1. The van der Waals surface area contributed by atoms with Crippen LogP contribution in [0.5, 0.6) is 0 Å². The molecular formula is C23H29FN2O2. The second-order valence-corrected chi connectivity index (χ2v) is 7.41. The van der Waals surface area contributed by atoms with E-state index in [1.54, 1.807) is 25.1 Å². The molecule has 0 heterocycles. The monoisotopic (exact) mass is 384 g/mol. The maximum Gasteiger partial charge on any atom is 0.242 e. The lowest BCUT2D eigenvalue weighted by Gasteiger charge is -2.29. The first-order valence-corrected chi connectivity index (χ1v) is 9.73. The molecule has 5 heteroatoms. The number of rotatable bonds is 9.